The van der Waals surface area contributed by atoms with E-state index in [4.69, 9.17) is 0 Å². The highest BCUT2D eigenvalue weighted by atomic mass is 16.2. The van der Waals surface area contributed by atoms with Gasteiger partial charge in [-0.3, -0.25) is 19.5 Å². The van der Waals surface area contributed by atoms with E-state index < -0.39 is 0 Å². The predicted octanol–water partition coefficient (Wildman–Crippen LogP) is 4.04. The minimum atomic E-state index is -0.271. The molecule has 0 fully saturated rings. The average molecular weight is 390 g/mol. The van der Waals surface area contributed by atoms with Gasteiger partial charge < -0.3 is 4.90 Å². The minimum absolute atomic E-state index is 0.00449. The smallest absolute Gasteiger partial charge is 0.246 e. The van der Waals surface area contributed by atoms with Gasteiger partial charge in [-0.05, 0) is 31.5 Å². The van der Waals surface area contributed by atoms with Gasteiger partial charge in [-0.1, -0.05) is 49.4 Å². The van der Waals surface area contributed by atoms with E-state index in [9.17, 15) is 9.59 Å². The number of likely N-dealkylation sites (N-methyl/N-ethyl adjacent to an activating group) is 1. The number of aryl methyl sites for hydroxylation is 1. The molecule has 1 aromatic heterocycles. The molecule has 0 bridgehead atoms. The van der Waals surface area contributed by atoms with Crippen molar-refractivity contribution in [2.75, 3.05) is 18.4 Å². The highest BCUT2D eigenvalue weighted by Crippen LogP contribution is 2.24. The van der Waals surface area contributed by atoms with Crippen molar-refractivity contribution >= 4 is 17.8 Å². The van der Waals surface area contributed by atoms with E-state index in [1.54, 1.807) is 6.92 Å². The molecule has 2 amide bonds. The molecule has 0 atom stereocenters. The second-order valence-electron chi connectivity index (χ2n) is 6.83. The van der Waals surface area contributed by atoms with Crippen LogP contribution in [0.15, 0.2) is 60.8 Å². The molecule has 2 aromatic carbocycles. The highest BCUT2D eigenvalue weighted by molar-refractivity contribution is 5.93. The molecule has 3 rings (SSSR count). The Morgan fingerprint density at radius 2 is 1.83 bits per heavy atom. The fourth-order valence-corrected chi connectivity index (χ4v) is 3.13. The Morgan fingerprint density at radius 1 is 1.07 bits per heavy atom. The first kappa shape index (κ1) is 20.3. The number of amides is 2. The largest absolute Gasteiger partial charge is 0.334 e. The van der Waals surface area contributed by atoms with E-state index >= 15 is 0 Å². The number of carbonyl (C=O) groups excluding carboxylic acids is 2. The van der Waals surface area contributed by atoms with Crippen LogP contribution in [0.3, 0.4) is 0 Å². The molecule has 0 saturated heterocycles. The Hall–Kier alpha value is -3.41. The molecule has 6 nitrogen and oxygen atoms in total. The maximum Gasteiger partial charge on any atom is 0.246 e. The Bertz CT molecular complexity index is 995. The lowest BCUT2D eigenvalue weighted by Crippen LogP contribution is -2.37. The van der Waals surface area contributed by atoms with Crippen molar-refractivity contribution in [2.45, 2.75) is 27.2 Å². The number of hydrogen-bond donors (Lipinski definition) is 1. The molecule has 150 valence electrons. The van der Waals surface area contributed by atoms with E-state index in [-0.39, 0.29) is 18.4 Å². The lowest BCUT2D eigenvalue weighted by molar-refractivity contribution is -0.134. The summed E-state index contributed by atoms with van der Waals surface area (Å²) in [6, 6.07) is 17.8. The SMILES string of the molecule is CCC(=O)N(CC)CC(=O)Nc1nc(-c2ccccc2)cn1-c1cccc(C)c1. The first-order valence-corrected chi connectivity index (χ1v) is 9.81. The maximum atomic E-state index is 12.6. The van der Waals surface area contributed by atoms with E-state index in [1.807, 2.05) is 79.2 Å². The quantitative estimate of drug-likeness (QED) is 0.662. The molecule has 0 radical (unpaired) electrons. The Morgan fingerprint density at radius 3 is 2.48 bits per heavy atom. The van der Waals surface area contributed by atoms with Crippen LogP contribution in [-0.4, -0.2) is 39.4 Å². The van der Waals surface area contributed by atoms with Gasteiger partial charge in [-0.2, -0.15) is 0 Å². The lowest BCUT2D eigenvalue weighted by Gasteiger charge is -2.19. The number of benzene rings is 2. The number of hydrogen-bond acceptors (Lipinski definition) is 3. The van der Waals surface area contributed by atoms with Crippen LogP contribution in [0.5, 0.6) is 0 Å². The fourth-order valence-electron chi connectivity index (χ4n) is 3.13. The Labute approximate surface area is 171 Å². The molecule has 6 heteroatoms. The van der Waals surface area contributed by atoms with Gasteiger partial charge in [-0.15, -0.1) is 0 Å². The van der Waals surface area contributed by atoms with Crippen LogP contribution in [0.25, 0.3) is 16.9 Å². The van der Waals surface area contributed by atoms with Gasteiger partial charge in [0.15, 0.2) is 0 Å². The summed E-state index contributed by atoms with van der Waals surface area (Å²) < 4.78 is 1.87. The lowest BCUT2D eigenvalue weighted by atomic mass is 10.2. The summed E-state index contributed by atoms with van der Waals surface area (Å²) in [6.07, 6.45) is 2.28. The van der Waals surface area contributed by atoms with Crippen molar-refractivity contribution < 1.29 is 9.59 Å². The summed E-state index contributed by atoms with van der Waals surface area (Å²) >= 11 is 0. The predicted molar refractivity (Wildman–Crippen MR) is 115 cm³/mol. The third kappa shape index (κ3) is 4.90. The van der Waals surface area contributed by atoms with Gasteiger partial charge >= 0.3 is 0 Å². The Kier molecular flexibility index (Phi) is 6.44. The standard InChI is InChI=1S/C23H26N4O2/c1-4-22(29)26(5-2)16-21(28)25-23-24-20(18-11-7-6-8-12-18)15-27(23)19-13-9-10-17(3)14-19/h6-15H,4-5,16H2,1-3H3,(H,24,25,28). The molecule has 3 aromatic rings. The van der Waals surface area contributed by atoms with E-state index in [0.29, 0.717) is 18.9 Å². The molecule has 1 N–H and O–H groups in total. The number of anilines is 1. The topological polar surface area (TPSA) is 67.2 Å². The minimum Gasteiger partial charge on any atom is -0.334 e. The zero-order chi connectivity index (χ0) is 20.8. The summed E-state index contributed by atoms with van der Waals surface area (Å²) in [5.41, 5.74) is 3.75. The number of carbonyl (C=O) groups is 2. The van der Waals surface area contributed by atoms with Gasteiger partial charge in [0.25, 0.3) is 0 Å². The number of rotatable bonds is 7. The van der Waals surface area contributed by atoms with E-state index in [1.165, 1.54) is 4.90 Å². The third-order valence-corrected chi connectivity index (χ3v) is 4.68. The Balaban J connectivity index is 1.93. The highest BCUT2D eigenvalue weighted by Gasteiger charge is 2.17. The molecule has 0 unspecified atom stereocenters. The van der Waals surface area contributed by atoms with Gasteiger partial charge in [0.05, 0.1) is 12.2 Å². The fraction of sp³-hybridized carbons (Fsp3) is 0.261. The first-order chi connectivity index (χ1) is 14.0. The molecule has 0 spiro atoms. The molecule has 0 aliphatic rings. The summed E-state index contributed by atoms with van der Waals surface area (Å²) in [5.74, 6) is 0.113. The van der Waals surface area contributed by atoms with Crippen LogP contribution >= 0.6 is 0 Å². The number of imidazole rings is 1. The van der Waals surface area contributed by atoms with Crippen LogP contribution in [0.4, 0.5) is 5.95 Å². The monoisotopic (exact) mass is 390 g/mol. The van der Waals surface area contributed by atoms with Crippen LogP contribution in [-0.2, 0) is 9.59 Å². The molecule has 0 aliphatic carbocycles. The summed E-state index contributed by atoms with van der Waals surface area (Å²) in [6.45, 7) is 6.17. The van der Waals surface area contributed by atoms with Crippen molar-refractivity contribution in [3.05, 3.63) is 66.4 Å². The zero-order valence-corrected chi connectivity index (χ0v) is 17.1. The summed E-state index contributed by atoms with van der Waals surface area (Å²) in [7, 11) is 0. The van der Waals surface area contributed by atoms with Crippen LogP contribution in [0, 0.1) is 6.92 Å². The molecule has 29 heavy (non-hydrogen) atoms. The van der Waals surface area contributed by atoms with Crippen molar-refractivity contribution in [2.24, 2.45) is 0 Å². The maximum absolute atomic E-state index is 12.6. The van der Waals surface area contributed by atoms with Crippen molar-refractivity contribution in [3.8, 4) is 16.9 Å². The molecular formula is C23H26N4O2. The van der Waals surface area contributed by atoms with Crippen molar-refractivity contribution in [3.63, 3.8) is 0 Å². The molecular weight excluding hydrogens is 364 g/mol. The van der Waals surface area contributed by atoms with E-state index in [2.05, 4.69) is 10.3 Å². The van der Waals surface area contributed by atoms with Crippen molar-refractivity contribution in [1.82, 2.24) is 14.5 Å². The molecule has 1 heterocycles. The van der Waals surface area contributed by atoms with Crippen LogP contribution < -0.4 is 5.32 Å². The first-order valence-electron chi connectivity index (χ1n) is 9.81. The second-order valence-corrected chi connectivity index (χ2v) is 6.83. The summed E-state index contributed by atoms with van der Waals surface area (Å²) in [5, 5.41) is 2.88. The zero-order valence-electron chi connectivity index (χ0n) is 17.1. The second kappa shape index (κ2) is 9.19. The van der Waals surface area contributed by atoms with Crippen LogP contribution in [0.1, 0.15) is 25.8 Å². The number of aromatic nitrogens is 2. The van der Waals surface area contributed by atoms with Crippen molar-refractivity contribution in [1.29, 1.82) is 0 Å². The van der Waals surface area contributed by atoms with Gasteiger partial charge in [-0.25, -0.2) is 4.98 Å². The van der Waals surface area contributed by atoms with Gasteiger partial charge in [0.2, 0.25) is 17.8 Å². The average Bonchev–Trinajstić information content (AvgIpc) is 3.15. The third-order valence-electron chi connectivity index (χ3n) is 4.68. The van der Waals surface area contributed by atoms with Gasteiger partial charge in [0, 0.05) is 30.4 Å². The molecule has 0 aliphatic heterocycles. The number of nitrogens with zero attached hydrogens (tertiary/aromatic N) is 3. The van der Waals surface area contributed by atoms with Gasteiger partial charge in [0.1, 0.15) is 0 Å². The van der Waals surface area contributed by atoms with E-state index in [0.717, 1.165) is 22.5 Å². The van der Waals surface area contributed by atoms with Crippen LogP contribution in [0.2, 0.25) is 0 Å². The molecule has 0 saturated carbocycles. The summed E-state index contributed by atoms with van der Waals surface area (Å²) in [4.78, 5) is 30.8. The normalized spacial score (nSPS) is 10.6. The number of nitrogens with one attached hydrogen (secondary N) is 1.